The number of sulfone groups is 1. The second-order valence-corrected chi connectivity index (χ2v) is 7.28. The van der Waals surface area contributed by atoms with Crippen LogP contribution in [0, 0.1) is 0 Å². The number of para-hydroxylation sites is 1. The van der Waals surface area contributed by atoms with E-state index in [0.717, 1.165) is 0 Å². The van der Waals surface area contributed by atoms with Crippen LogP contribution in [-0.2, 0) is 14.6 Å². The summed E-state index contributed by atoms with van der Waals surface area (Å²) in [6.45, 7) is 2.95. The molecule has 114 valence electrons. The van der Waals surface area contributed by atoms with Crippen LogP contribution in [0.15, 0.2) is 29.2 Å². The maximum Gasteiger partial charge on any atom is 0.180 e. The lowest BCUT2D eigenvalue weighted by Crippen LogP contribution is -2.15. The lowest BCUT2D eigenvalue weighted by molar-refractivity contribution is 0.196. The van der Waals surface area contributed by atoms with Gasteiger partial charge < -0.3 is 10.1 Å². The fourth-order valence-corrected chi connectivity index (χ4v) is 3.64. The molecule has 1 atom stereocenters. The molecule has 0 aliphatic carbocycles. The van der Waals surface area contributed by atoms with Crippen LogP contribution < -0.4 is 5.32 Å². The van der Waals surface area contributed by atoms with Gasteiger partial charge in [0, 0.05) is 13.7 Å². The van der Waals surface area contributed by atoms with Gasteiger partial charge in [0.1, 0.15) is 0 Å². The average molecular weight is 320 g/mol. The quantitative estimate of drug-likeness (QED) is 0.711. The van der Waals surface area contributed by atoms with Crippen molar-refractivity contribution in [1.82, 2.24) is 0 Å². The Bertz CT molecular complexity index is 505. The molecule has 0 radical (unpaired) electrons. The number of anilines is 1. The van der Waals surface area contributed by atoms with Gasteiger partial charge in [0.25, 0.3) is 0 Å². The highest BCUT2D eigenvalue weighted by Crippen LogP contribution is 2.22. The van der Waals surface area contributed by atoms with Crippen molar-refractivity contribution in [1.29, 1.82) is 0 Å². The first-order valence-corrected chi connectivity index (χ1v) is 8.78. The SMILES string of the molecule is CCCS(=O)(=O)c1ccccc1NCCC(Cl)COC. The van der Waals surface area contributed by atoms with E-state index >= 15 is 0 Å². The molecule has 0 saturated carbocycles. The monoisotopic (exact) mass is 319 g/mol. The lowest BCUT2D eigenvalue weighted by atomic mass is 10.3. The predicted octanol–water partition coefficient (Wildman–Crippen LogP) is 2.93. The Hall–Kier alpha value is -0.780. The molecular formula is C14H22ClNO3S. The van der Waals surface area contributed by atoms with Gasteiger partial charge in [-0.2, -0.15) is 0 Å². The Balaban J connectivity index is 2.72. The molecule has 0 fully saturated rings. The van der Waals surface area contributed by atoms with Crippen molar-refractivity contribution in [3.05, 3.63) is 24.3 Å². The van der Waals surface area contributed by atoms with Gasteiger partial charge in [-0.1, -0.05) is 19.1 Å². The molecule has 0 aromatic heterocycles. The molecule has 1 N–H and O–H groups in total. The molecule has 4 nitrogen and oxygen atoms in total. The van der Waals surface area contributed by atoms with Gasteiger partial charge in [0.05, 0.1) is 28.3 Å². The summed E-state index contributed by atoms with van der Waals surface area (Å²) in [5.74, 6) is 0.160. The summed E-state index contributed by atoms with van der Waals surface area (Å²) < 4.78 is 29.3. The van der Waals surface area contributed by atoms with Crippen LogP contribution in [0.2, 0.25) is 0 Å². The molecule has 1 aromatic carbocycles. The summed E-state index contributed by atoms with van der Waals surface area (Å²) in [6, 6.07) is 6.98. The van der Waals surface area contributed by atoms with Crippen molar-refractivity contribution in [3.8, 4) is 0 Å². The van der Waals surface area contributed by atoms with E-state index in [9.17, 15) is 8.42 Å². The van der Waals surface area contributed by atoms with Gasteiger partial charge in [0.2, 0.25) is 0 Å². The van der Waals surface area contributed by atoms with E-state index in [1.807, 2.05) is 13.0 Å². The topological polar surface area (TPSA) is 55.4 Å². The Kier molecular flexibility index (Phi) is 7.34. The molecule has 1 aromatic rings. The summed E-state index contributed by atoms with van der Waals surface area (Å²) >= 11 is 6.04. The fourth-order valence-electron chi connectivity index (χ4n) is 1.89. The number of rotatable bonds is 9. The zero-order valence-corrected chi connectivity index (χ0v) is 13.5. The first-order valence-electron chi connectivity index (χ1n) is 6.70. The predicted molar refractivity (Wildman–Crippen MR) is 83.4 cm³/mol. The summed E-state index contributed by atoms with van der Waals surface area (Å²) in [6.07, 6.45) is 1.31. The van der Waals surface area contributed by atoms with Crippen LogP contribution >= 0.6 is 11.6 Å². The normalized spacial score (nSPS) is 13.2. The summed E-state index contributed by atoms with van der Waals surface area (Å²) in [7, 11) is -1.62. The van der Waals surface area contributed by atoms with Crippen molar-refractivity contribution in [2.45, 2.75) is 30.0 Å². The first-order chi connectivity index (χ1) is 9.51. The van der Waals surface area contributed by atoms with Gasteiger partial charge in [-0.15, -0.1) is 11.6 Å². The number of benzene rings is 1. The smallest absolute Gasteiger partial charge is 0.180 e. The fraction of sp³-hybridized carbons (Fsp3) is 0.571. The largest absolute Gasteiger partial charge is 0.384 e. The molecule has 0 aliphatic heterocycles. The maximum atomic E-state index is 12.2. The zero-order valence-electron chi connectivity index (χ0n) is 11.9. The van der Waals surface area contributed by atoms with Crippen molar-refractivity contribution in [3.63, 3.8) is 0 Å². The first kappa shape index (κ1) is 17.3. The molecule has 1 unspecified atom stereocenters. The number of halogens is 1. The minimum Gasteiger partial charge on any atom is -0.384 e. The standard InChI is InChI=1S/C14H22ClNO3S/c1-3-10-20(17,18)14-7-5-4-6-13(14)16-9-8-12(15)11-19-2/h4-7,12,16H,3,8-11H2,1-2H3. The second kappa shape index (κ2) is 8.49. The molecule has 20 heavy (non-hydrogen) atoms. The van der Waals surface area contributed by atoms with Crippen LogP contribution in [0.25, 0.3) is 0 Å². The van der Waals surface area contributed by atoms with E-state index in [0.29, 0.717) is 36.6 Å². The van der Waals surface area contributed by atoms with Crippen molar-refractivity contribution >= 4 is 27.1 Å². The number of hydrogen-bond donors (Lipinski definition) is 1. The van der Waals surface area contributed by atoms with Crippen molar-refractivity contribution in [2.75, 3.05) is 31.3 Å². The molecule has 6 heteroatoms. The second-order valence-electron chi connectivity index (χ2n) is 4.58. The molecule has 0 bridgehead atoms. The minimum atomic E-state index is -3.22. The third-order valence-electron chi connectivity index (χ3n) is 2.82. The van der Waals surface area contributed by atoms with Gasteiger partial charge >= 0.3 is 0 Å². The van der Waals surface area contributed by atoms with E-state index in [1.165, 1.54) is 0 Å². The van der Waals surface area contributed by atoms with E-state index in [-0.39, 0.29) is 11.1 Å². The van der Waals surface area contributed by atoms with Gasteiger partial charge in [0.15, 0.2) is 9.84 Å². The van der Waals surface area contributed by atoms with Gasteiger partial charge in [-0.25, -0.2) is 8.42 Å². The van der Waals surface area contributed by atoms with Crippen molar-refractivity contribution < 1.29 is 13.2 Å². The van der Waals surface area contributed by atoms with Crippen LogP contribution in [-0.4, -0.2) is 39.8 Å². The average Bonchev–Trinajstić information content (AvgIpc) is 2.39. The molecule has 0 heterocycles. The van der Waals surface area contributed by atoms with E-state index in [1.54, 1.807) is 25.3 Å². The number of hydrogen-bond acceptors (Lipinski definition) is 4. The third-order valence-corrected chi connectivity index (χ3v) is 5.13. The Morgan fingerprint density at radius 1 is 1.35 bits per heavy atom. The Morgan fingerprint density at radius 3 is 2.70 bits per heavy atom. The van der Waals surface area contributed by atoms with E-state index in [4.69, 9.17) is 16.3 Å². The van der Waals surface area contributed by atoms with Crippen LogP contribution in [0.4, 0.5) is 5.69 Å². The summed E-state index contributed by atoms with van der Waals surface area (Å²) in [5, 5.41) is 3.07. The Morgan fingerprint density at radius 2 is 2.05 bits per heavy atom. The molecule has 0 aliphatic rings. The number of alkyl halides is 1. The Labute approximate surface area is 126 Å². The molecular weight excluding hydrogens is 298 g/mol. The van der Waals surface area contributed by atoms with Crippen molar-refractivity contribution in [2.24, 2.45) is 0 Å². The molecule has 0 spiro atoms. The minimum absolute atomic E-state index is 0.0769. The van der Waals surface area contributed by atoms with Crippen LogP contribution in [0.3, 0.4) is 0 Å². The lowest BCUT2D eigenvalue weighted by Gasteiger charge is -2.13. The summed E-state index contributed by atoms with van der Waals surface area (Å²) in [5.41, 5.74) is 0.641. The number of nitrogens with one attached hydrogen (secondary N) is 1. The highest BCUT2D eigenvalue weighted by atomic mass is 35.5. The number of methoxy groups -OCH3 is 1. The number of ether oxygens (including phenoxy) is 1. The maximum absolute atomic E-state index is 12.2. The third kappa shape index (κ3) is 5.31. The zero-order chi connectivity index (χ0) is 15.0. The highest BCUT2D eigenvalue weighted by molar-refractivity contribution is 7.91. The van der Waals surface area contributed by atoms with E-state index < -0.39 is 9.84 Å². The van der Waals surface area contributed by atoms with Gasteiger partial charge in [-0.05, 0) is 25.0 Å². The molecule has 0 saturated heterocycles. The molecule has 1 rings (SSSR count). The van der Waals surface area contributed by atoms with Crippen LogP contribution in [0.5, 0.6) is 0 Å². The highest BCUT2D eigenvalue weighted by Gasteiger charge is 2.17. The van der Waals surface area contributed by atoms with Crippen LogP contribution in [0.1, 0.15) is 19.8 Å². The summed E-state index contributed by atoms with van der Waals surface area (Å²) in [4.78, 5) is 0.361. The van der Waals surface area contributed by atoms with Gasteiger partial charge in [-0.3, -0.25) is 0 Å². The van der Waals surface area contributed by atoms with E-state index in [2.05, 4.69) is 5.32 Å². The molecule has 0 amide bonds.